The first kappa shape index (κ1) is 32.7. The number of hydrogen-bond donors (Lipinski definition) is 0. The first-order valence-corrected chi connectivity index (χ1v) is 20.1. The summed E-state index contributed by atoms with van der Waals surface area (Å²) in [5.41, 5.74) is 9.68. The first-order valence-electron chi connectivity index (χ1n) is 19.3. The molecule has 0 aliphatic carbocycles. The molecule has 0 bridgehead atoms. The molecule has 5 nitrogen and oxygen atoms in total. The predicted molar refractivity (Wildman–Crippen MR) is 240 cm³/mol. The highest BCUT2D eigenvalue weighted by molar-refractivity contribution is 7.26. The Bertz CT molecular complexity index is 3570. The molecule has 58 heavy (non-hydrogen) atoms. The summed E-state index contributed by atoms with van der Waals surface area (Å²) >= 11 is 1.84. The second-order valence-electron chi connectivity index (χ2n) is 14.6. The quantitative estimate of drug-likeness (QED) is 0.164. The lowest BCUT2D eigenvalue weighted by atomic mass is 9.95. The van der Waals surface area contributed by atoms with Crippen molar-refractivity contribution in [3.05, 3.63) is 182 Å². The van der Waals surface area contributed by atoms with Gasteiger partial charge in [-0.25, -0.2) is 19.9 Å². The molecule has 0 N–H and O–H groups in total. The highest BCUT2D eigenvalue weighted by atomic mass is 32.1. The Balaban J connectivity index is 1.02. The summed E-state index contributed by atoms with van der Waals surface area (Å²) in [4.78, 5) is 20.4. The van der Waals surface area contributed by atoms with Gasteiger partial charge in [0, 0.05) is 69.4 Å². The van der Waals surface area contributed by atoms with E-state index in [0.717, 1.165) is 77.3 Å². The van der Waals surface area contributed by atoms with E-state index in [-0.39, 0.29) is 0 Å². The van der Waals surface area contributed by atoms with E-state index in [0.29, 0.717) is 17.5 Å². The molecule has 0 amide bonds. The van der Waals surface area contributed by atoms with Crippen LogP contribution in [0.15, 0.2) is 186 Å². The highest BCUT2D eigenvalue weighted by Crippen LogP contribution is 2.44. The van der Waals surface area contributed by atoms with Crippen molar-refractivity contribution >= 4 is 75.1 Å². The van der Waals surface area contributed by atoms with Crippen molar-refractivity contribution in [2.75, 3.05) is 0 Å². The highest BCUT2D eigenvalue weighted by Gasteiger charge is 2.18. The van der Waals surface area contributed by atoms with Gasteiger partial charge in [0.1, 0.15) is 11.2 Å². The van der Waals surface area contributed by atoms with Crippen LogP contribution in [0.1, 0.15) is 0 Å². The number of fused-ring (bicyclic) bond motifs is 10. The van der Waals surface area contributed by atoms with Crippen LogP contribution < -0.4 is 0 Å². The maximum atomic E-state index is 6.26. The molecule has 12 rings (SSSR count). The Morgan fingerprint density at radius 2 is 0.914 bits per heavy atom. The average molecular weight is 759 g/mol. The molecule has 270 valence electrons. The van der Waals surface area contributed by atoms with Crippen molar-refractivity contribution in [2.45, 2.75) is 0 Å². The van der Waals surface area contributed by atoms with Crippen molar-refractivity contribution in [1.29, 1.82) is 0 Å². The van der Waals surface area contributed by atoms with Gasteiger partial charge in [0.25, 0.3) is 0 Å². The molecule has 8 aromatic carbocycles. The van der Waals surface area contributed by atoms with Crippen molar-refractivity contribution in [3.63, 3.8) is 0 Å². The lowest BCUT2D eigenvalue weighted by Gasteiger charge is -2.12. The lowest BCUT2D eigenvalue weighted by molar-refractivity contribution is 0.669. The average Bonchev–Trinajstić information content (AvgIpc) is 3.87. The van der Waals surface area contributed by atoms with E-state index in [1.54, 1.807) is 0 Å². The first-order chi connectivity index (χ1) is 28.7. The molecule has 0 aliphatic heterocycles. The summed E-state index contributed by atoms with van der Waals surface area (Å²) in [6.07, 6.45) is 0. The predicted octanol–water partition coefficient (Wildman–Crippen LogP) is 14.2. The third-order valence-electron chi connectivity index (χ3n) is 11.1. The molecule has 12 aromatic rings. The number of thiophene rings is 1. The number of hydrogen-bond acceptors (Lipinski definition) is 6. The van der Waals surface area contributed by atoms with E-state index < -0.39 is 0 Å². The summed E-state index contributed by atoms with van der Waals surface area (Å²) < 4.78 is 8.77. The van der Waals surface area contributed by atoms with Crippen molar-refractivity contribution < 1.29 is 4.42 Å². The van der Waals surface area contributed by atoms with Gasteiger partial charge in [-0.3, -0.25) is 0 Å². The minimum atomic E-state index is 0.589. The minimum absolute atomic E-state index is 0.589. The fourth-order valence-electron chi connectivity index (χ4n) is 8.36. The molecular formula is C52H30N4OS. The van der Waals surface area contributed by atoms with Crippen molar-refractivity contribution in [2.24, 2.45) is 0 Å². The lowest BCUT2D eigenvalue weighted by Crippen LogP contribution is -2.00. The van der Waals surface area contributed by atoms with Gasteiger partial charge in [0.2, 0.25) is 0 Å². The number of pyridine rings is 1. The molecule has 0 spiro atoms. The topological polar surface area (TPSA) is 64.7 Å². The van der Waals surface area contributed by atoms with Crippen LogP contribution in [-0.2, 0) is 0 Å². The number of nitrogens with zero attached hydrogens (tertiary/aromatic N) is 4. The van der Waals surface area contributed by atoms with Crippen LogP contribution in [0.3, 0.4) is 0 Å². The maximum absolute atomic E-state index is 6.26. The molecule has 0 saturated heterocycles. The van der Waals surface area contributed by atoms with Crippen LogP contribution in [0.4, 0.5) is 0 Å². The van der Waals surface area contributed by atoms with Gasteiger partial charge in [-0.05, 0) is 59.7 Å². The Hall–Kier alpha value is -7.54. The van der Waals surface area contributed by atoms with E-state index in [2.05, 4.69) is 127 Å². The number of rotatable bonds is 5. The van der Waals surface area contributed by atoms with Gasteiger partial charge in [-0.1, -0.05) is 133 Å². The minimum Gasteiger partial charge on any atom is -0.456 e. The number of aromatic nitrogens is 4. The Morgan fingerprint density at radius 3 is 1.74 bits per heavy atom. The monoisotopic (exact) mass is 758 g/mol. The number of para-hydroxylation sites is 2. The van der Waals surface area contributed by atoms with Gasteiger partial charge in [-0.15, -0.1) is 11.3 Å². The molecular weight excluding hydrogens is 729 g/mol. The summed E-state index contributed by atoms with van der Waals surface area (Å²) in [5, 5.41) is 8.21. The van der Waals surface area contributed by atoms with E-state index in [9.17, 15) is 0 Å². The number of benzene rings is 8. The zero-order valence-corrected chi connectivity index (χ0v) is 31.7. The molecule has 4 aromatic heterocycles. The van der Waals surface area contributed by atoms with Crippen LogP contribution in [0.2, 0.25) is 0 Å². The summed E-state index contributed by atoms with van der Waals surface area (Å²) in [7, 11) is 0. The number of furan rings is 1. The largest absolute Gasteiger partial charge is 0.456 e. The van der Waals surface area contributed by atoms with Crippen LogP contribution in [0, 0.1) is 0 Å². The Morgan fingerprint density at radius 1 is 0.328 bits per heavy atom. The Kier molecular flexibility index (Phi) is 7.33. The van der Waals surface area contributed by atoms with Crippen LogP contribution in [0.5, 0.6) is 0 Å². The third kappa shape index (κ3) is 5.30. The van der Waals surface area contributed by atoms with Crippen molar-refractivity contribution in [3.8, 4) is 56.5 Å². The van der Waals surface area contributed by atoms with Crippen LogP contribution in [0.25, 0.3) is 120 Å². The fourth-order valence-corrected chi connectivity index (χ4v) is 9.45. The molecule has 0 radical (unpaired) electrons. The van der Waals surface area contributed by atoms with Gasteiger partial charge in [0.05, 0.1) is 11.2 Å². The maximum Gasteiger partial charge on any atom is 0.164 e. The van der Waals surface area contributed by atoms with Gasteiger partial charge < -0.3 is 4.42 Å². The SMILES string of the molecule is c1ccc(-c2nc(-c3cccc(-c4ccc5sc6ccc7c(-c8ccccc8)nc8ccccc8c7c6c5c4)c3)nc(-c3ccc4c(c3)oc3ccccc34)n2)cc1. The summed E-state index contributed by atoms with van der Waals surface area (Å²) in [5.74, 6) is 1.81. The van der Waals surface area contributed by atoms with Gasteiger partial charge in [-0.2, -0.15) is 0 Å². The van der Waals surface area contributed by atoms with Gasteiger partial charge >= 0.3 is 0 Å². The van der Waals surface area contributed by atoms with E-state index in [1.807, 2.05) is 65.9 Å². The molecule has 6 heteroatoms. The molecule has 0 saturated carbocycles. The summed E-state index contributed by atoms with van der Waals surface area (Å²) in [6, 6.07) is 63.3. The van der Waals surface area contributed by atoms with Crippen LogP contribution in [-0.4, -0.2) is 19.9 Å². The zero-order valence-electron chi connectivity index (χ0n) is 30.9. The van der Waals surface area contributed by atoms with E-state index >= 15 is 0 Å². The zero-order chi connectivity index (χ0) is 38.2. The molecule has 4 heterocycles. The normalized spacial score (nSPS) is 11.8. The molecule has 0 atom stereocenters. The van der Waals surface area contributed by atoms with Crippen LogP contribution >= 0.6 is 11.3 Å². The third-order valence-corrected chi connectivity index (χ3v) is 12.2. The van der Waals surface area contributed by atoms with Gasteiger partial charge in [0.15, 0.2) is 17.5 Å². The van der Waals surface area contributed by atoms with E-state index in [4.69, 9.17) is 24.4 Å². The molecule has 0 aliphatic rings. The molecule has 0 unspecified atom stereocenters. The Labute approximate surface area is 336 Å². The summed E-state index contributed by atoms with van der Waals surface area (Å²) in [6.45, 7) is 0. The van der Waals surface area contributed by atoms with Crippen molar-refractivity contribution in [1.82, 2.24) is 19.9 Å². The second-order valence-corrected chi connectivity index (χ2v) is 15.7. The second kappa shape index (κ2) is 13.0. The standard InChI is InChI=1S/C52H30N4OS/c1-3-12-31(13-4-1)49-40-25-27-46-48(47(40)39-19-7-9-20-42(39)53-49)41-29-34(23-26-45(41)58-46)33-16-11-17-35(28-33)51-54-50(32-14-5-2-6-15-32)55-52(56-51)36-22-24-38-37-18-8-10-21-43(37)57-44(38)30-36/h1-30H. The molecule has 0 fully saturated rings. The fraction of sp³-hybridized carbons (Fsp3) is 0. The smallest absolute Gasteiger partial charge is 0.164 e. The van der Waals surface area contributed by atoms with E-state index in [1.165, 1.54) is 25.6 Å².